The summed E-state index contributed by atoms with van der Waals surface area (Å²) < 4.78 is 30.6. The number of sulfone groups is 1. The maximum Gasteiger partial charge on any atom is 0.330 e. The molecule has 10 nitrogen and oxygen atoms in total. The Morgan fingerprint density at radius 3 is 2.46 bits per heavy atom. The molecular weight excluding hydrogens is 472 g/mol. The number of amides is 1. The number of H-pyrrole nitrogens is 1. The zero-order valence-electron chi connectivity index (χ0n) is 18.7. The lowest BCUT2D eigenvalue weighted by atomic mass is 10.1. The second kappa shape index (κ2) is 9.47. The molecule has 0 fully saturated rings. The van der Waals surface area contributed by atoms with E-state index in [1.165, 1.54) is 30.5 Å². The summed E-state index contributed by atoms with van der Waals surface area (Å²) in [7, 11) is -3.59. The Kier molecular flexibility index (Phi) is 6.43. The van der Waals surface area contributed by atoms with Crippen molar-refractivity contribution in [2.24, 2.45) is 0 Å². The molecule has 0 radical (unpaired) electrons. The molecule has 0 aliphatic rings. The predicted molar refractivity (Wildman–Crippen MR) is 130 cm³/mol. The third-order valence-corrected chi connectivity index (χ3v) is 6.43. The highest BCUT2D eigenvalue weighted by atomic mass is 32.2. The summed E-state index contributed by atoms with van der Waals surface area (Å²) in [5.74, 6) is -0.576. The molecule has 0 unspecified atom stereocenters. The first-order valence-electron chi connectivity index (χ1n) is 10.5. The number of hydrogen-bond acceptors (Lipinski definition) is 7. The topological polar surface area (TPSA) is 148 Å². The normalized spacial score (nSPS) is 11.3. The Labute approximate surface area is 200 Å². The van der Waals surface area contributed by atoms with Crippen molar-refractivity contribution >= 4 is 27.2 Å². The number of carbonyl (C=O) groups is 1. The highest BCUT2D eigenvalue weighted by molar-refractivity contribution is 7.90. The van der Waals surface area contributed by atoms with Gasteiger partial charge in [-0.3, -0.25) is 24.0 Å². The average molecular weight is 495 g/mol. The first-order valence-corrected chi connectivity index (χ1v) is 12.3. The van der Waals surface area contributed by atoms with Crippen molar-refractivity contribution in [3.8, 4) is 0 Å². The molecule has 0 atom stereocenters. The molecule has 2 heterocycles. The number of rotatable bonds is 7. The Hall–Kier alpha value is -4.38. The fraction of sp³-hybridized carbons (Fsp3) is 0.125. The van der Waals surface area contributed by atoms with Crippen molar-refractivity contribution in [2.75, 3.05) is 16.9 Å². The van der Waals surface area contributed by atoms with Gasteiger partial charge in [-0.25, -0.2) is 13.2 Å². The van der Waals surface area contributed by atoms with E-state index in [0.717, 1.165) is 21.3 Å². The van der Waals surface area contributed by atoms with Crippen molar-refractivity contribution in [1.29, 1.82) is 0 Å². The van der Waals surface area contributed by atoms with Crippen LogP contribution in [0.2, 0.25) is 0 Å². The number of benzene rings is 2. The molecule has 35 heavy (non-hydrogen) atoms. The molecule has 2 aromatic carbocycles. The van der Waals surface area contributed by atoms with E-state index in [2.05, 4.69) is 4.98 Å². The molecule has 0 aliphatic carbocycles. The second-order valence-electron chi connectivity index (χ2n) is 7.84. The number of nitrogen functional groups attached to an aromatic ring is 1. The van der Waals surface area contributed by atoms with Crippen LogP contribution in [0, 0.1) is 0 Å². The van der Waals surface area contributed by atoms with Crippen LogP contribution in [0.1, 0.15) is 21.7 Å². The van der Waals surface area contributed by atoms with Crippen LogP contribution in [-0.2, 0) is 22.9 Å². The van der Waals surface area contributed by atoms with Gasteiger partial charge in [-0.05, 0) is 35.9 Å². The predicted octanol–water partition coefficient (Wildman–Crippen LogP) is 2.01. The summed E-state index contributed by atoms with van der Waals surface area (Å²) in [4.78, 5) is 42.4. The number of nitrogens with two attached hydrogens (primary N) is 1. The Balaban J connectivity index is 1.86. The number of anilines is 2. The summed E-state index contributed by atoms with van der Waals surface area (Å²) in [6.45, 7) is -0.132. The number of hydrogen-bond donors (Lipinski definition) is 2. The first-order chi connectivity index (χ1) is 16.6. The molecule has 0 bridgehead atoms. The average Bonchev–Trinajstić information content (AvgIpc) is 3.34. The van der Waals surface area contributed by atoms with Crippen LogP contribution in [0.4, 0.5) is 11.5 Å². The van der Waals surface area contributed by atoms with Crippen LogP contribution in [0.5, 0.6) is 0 Å². The van der Waals surface area contributed by atoms with Crippen LogP contribution in [-0.4, -0.2) is 30.1 Å². The van der Waals surface area contributed by atoms with Crippen molar-refractivity contribution in [2.45, 2.75) is 18.0 Å². The summed E-state index contributed by atoms with van der Waals surface area (Å²) in [6, 6.07) is 17.7. The fourth-order valence-corrected chi connectivity index (χ4v) is 4.25. The van der Waals surface area contributed by atoms with Gasteiger partial charge >= 0.3 is 5.69 Å². The molecule has 11 heteroatoms. The SMILES string of the molecule is CS(=O)(=O)c1cccc(C(=O)N(Cc2ccco2)c2c(N)n(Cc3ccccc3)c(=O)[nH]c2=O)c1. The van der Waals surface area contributed by atoms with Gasteiger partial charge in [-0.15, -0.1) is 0 Å². The highest BCUT2D eigenvalue weighted by Gasteiger charge is 2.27. The molecule has 1 amide bonds. The second-order valence-corrected chi connectivity index (χ2v) is 9.85. The minimum atomic E-state index is -3.59. The van der Waals surface area contributed by atoms with Crippen LogP contribution >= 0.6 is 0 Å². The van der Waals surface area contributed by atoms with Gasteiger partial charge in [0.1, 0.15) is 11.6 Å². The van der Waals surface area contributed by atoms with Crippen LogP contribution in [0.15, 0.2) is 91.9 Å². The Morgan fingerprint density at radius 1 is 1.06 bits per heavy atom. The maximum atomic E-state index is 13.6. The maximum absolute atomic E-state index is 13.6. The smallest absolute Gasteiger partial charge is 0.330 e. The molecule has 2 aromatic heterocycles. The lowest BCUT2D eigenvalue weighted by molar-refractivity contribution is 0.0982. The minimum absolute atomic E-state index is 0.0130. The standard InChI is InChI=1S/C24H22N4O6S/c1-35(32,33)19-11-5-9-17(13-19)23(30)27(15-18-10-6-12-34-18)20-21(25)28(24(31)26-22(20)29)14-16-7-3-2-4-8-16/h2-13H,14-15,25H2,1H3,(H,26,29,31). The van der Waals surface area contributed by atoms with E-state index in [1.807, 2.05) is 6.07 Å². The quantitative estimate of drug-likeness (QED) is 0.399. The number of nitrogens with one attached hydrogen (secondary N) is 1. The van der Waals surface area contributed by atoms with Crippen molar-refractivity contribution < 1.29 is 17.6 Å². The van der Waals surface area contributed by atoms with E-state index < -0.39 is 27.0 Å². The van der Waals surface area contributed by atoms with Crippen LogP contribution < -0.4 is 21.9 Å². The molecule has 0 aliphatic heterocycles. The number of aromatic nitrogens is 2. The lowest BCUT2D eigenvalue weighted by Gasteiger charge is -2.24. The molecule has 3 N–H and O–H groups in total. The molecule has 0 saturated carbocycles. The number of carbonyl (C=O) groups excluding carboxylic acids is 1. The van der Waals surface area contributed by atoms with Gasteiger partial charge in [0.25, 0.3) is 11.5 Å². The van der Waals surface area contributed by atoms with E-state index >= 15 is 0 Å². The van der Waals surface area contributed by atoms with Gasteiger partial charge in [0, 0.05) is 11.8 Å². The molecule has 4 rings (SSSR count). The van der Waals surface area contributed by atoms with E-state index in [9.17, 15) is 22.8 Å². The number of furan rings is 1. The molecular formula is C24H22N4O6S. The largest absolute Gasteiger partial charge is 0.467 e. The Morgan fingerprint density at radius 2 is 1.80 bits per heavy atom. The van der Waals surface area contributed by atoms with Gasteiger partial charge in [0.15, 0.2) is 15.5 Å². The van der Waals surface area contributed by atoms with Crippen molar-refractivity contribution in [3.63, 3.8) is 0 Å². The number of aromatic amines is 1. The van der Waals surface area contributed by atoms with E-state index in [0.29, 0.717) is 5.76 Å². The molecule has 0 spiro atoms. The monoisotopic (exact) mass is 494 g/mol. The van der Waals surface area contributed by atoms with E-state index in [4.69, 9.17) is 10.2 Å². The lowest BCUT2D eigenvalue weighted by Crippen LogP contribution is -2.41. The molecule has 0 saturated heterocycles. The van der Waals surface area contributed by atoms with Crippen molar-refractivity contribution in [3.05, 3.63) is 111 Å². The number of nitrogens with zero attached hydrogens (tertiary/aromatic N) is 2. The fourth-order valence-electron chi connectivity index (χ4n) is 3.59. The van der Waals surface area contributed by atoms with Gasteiger partial charge in [-0.1, -0.05) is 36.4 Å². The zero-order valence-corrected chi connectivity index (χ0v) is 19.5. The third-order valence-electron chi connectivity index (χ3n) is 5.32. The van der Waals surface area contributed by atoms with Gasteiger partial charge in [-0.2, -0.15) is 0 Å². The molecule has 180 valence electrons. The minimum Gasteiger partial charge on any atom is -0.467 e. The van der Waals surface area contributed by atoms with Gasteiger partial charge in [0.2, 0.25) is 0 Å². The summed E-state index contributed by atoms with van der Waals surface area (Å²) in [6.07, 6.45) is 2.44. The Bertz CT molecular complexity index is 1590. The molecule has 4 aromatic rings. The summed E-state index contributed by atoms with van der Waals surface area (Å²) in [5, 5.41) is 0. The summed E-state index contributed by atoms with van der Waals surface area (Å²) >= 11 is 0. The zero-order chi connectivity index (χ0) is 25.2. The third kappa shape index (κ3) is 5.09. The van der Waals surface area contributed by atoms with Crippen LogP contribution in [0.25, 0.3) is 0 Å². The van der Waals surface area contributed by atoms with Gasteiger partial charge < -0.3 is 10.2 Å². The van der Waals surface area contributed by atoms with E-state index in [-0.39, 0.29) is 35.1 Å². The van der Waals surface area contributed by atoms with Gasteiger partial charge in [0.05, 0.1) is 24.2 Å². The highest BCUT2D eigenvalue weighted by Crippen LogP contribution is 2.24. The van der Waals surface area contributed by atoms with Crippen molar-refractivity contribution in [1.82, 2.24) is 9.55 Å². The van der Waals surface area contributed by atoms with E-state index in [1.54, 1.807) is 36.4 Å². The first kappa shape index (κ1) is 23.8. The summed E-state index contributed by atoms with van der Waals surface area (Å²) in [5.41, 5.74) is 5.21. The van der Waals surface area contributed by atoms with Crippen LogP contribution in [0.3, 0.4) is 0 Å².